The highest BCUT2D eigenvalue weighted by molar-refractivity contribution is 9.10. The maximum absolute atomic E-state index is 6.22. The van der Waals surface area contributed by atoms with Crippen LogP contribution in [0.2, 0.25) is 0 Å². The maximum Gasteiger partial charge on any atom is 0.150 e. The van der Waals surface area contributed by atoms with Crippen molar-refractivity contribution < 1.29 is 0 Å². The van der Waals surface area contributed by atoms with Crippen molar-refractivity contribution in [1.82, 2.24) is 4.98 Å². The summed E-state index contributed by atoms with van der Waals surface area (Å²) in [5.41, 5.74) is 6.22. The number of rotatable bonds is 5. The molecule has 6 heteroatoms. The largest absolute Gasteiger partial charge is 0.326 e. The van der Waals surface area contributed by atoms with E-state index < -0.39 is 0 Å². The average Bonchev–Trinajstić information content (AvgIpc) is 2.96. The molecule has 2 aromatic rings. The molecule has 0 aromatic carbocycles. The van der Waals surface area contributed by atoms with Crippen LogP contribution in [0.4, 0.5) is 0 Å². The minimum Gasteiger partial charge on any atom is -0.326 e. The number of hydrogen-bond acceptors (Lipinski definition) is 5. The van der Waals surface area contributed by atoms with Crippen LogP contribution in [-0.4, -0.2) is 11.0 Å². The van der Waals surface area contributed by atoms with E-state index in [1.165, 1.54) is 4.88 Å². The summed E-state index contributed by atoms with van der Waals surface area (Å²) in [5.74, 6) is 0. The number of aromatic nitrogens is 1. The molecule has 0 amide bonds. The minimum absolute atomic E-state index is 0.162. The Balaban J connectivity index is 2.19. The highest BCUT2D eigenvalue weighted by Gasteiger charge is 2.22. The van der Waals surface area contributed by atoms with Gasteiger partial charge >= 0.3 is 0 Å². The zero-order valence-electron chi connectivity index (χ0n) is 9.30. The molecule has 0 radical (unpaired) electrons. The first-order valence-electron chi connectivity index (χ1n) is 5.26. The molecule has 2 N–H and O–H groups in total. The van der Waals surface area contributed by atoms with Crippen LogP contribution in [0.1, 0.15) is 23.5 Å². The topological polar surface area (TPSA) is 38.9 Å². The molecule has 0 aliphatic carbocycles. The standard InChI is InChI=1S/C11H13BrN2S3/c1-2-8(13)10(9-5-7(12)6-16-9)17-11-14-3-4-15-11/h3-6,8,10H,2,13H2,1H3. The van der Waals surface area contributed by atoms with Crippen molar-refractivity contribution in [2.75, 3.05) is 0 Å². The molecule has 0 aliphatic rings. The van der Waals surface area contributed by atoms with Gasteiger partial charge in [0.05, 0.1) is 5.25 Å². The van der Waals surface area contributed by atoms with Crippen molar-refractivity contribution in [3.05, 3.63) is 32.4 Å². The fourth-order valence-electron chi connectivity index (χ4n) is 1.43. The summed E-state index contributed by atoms with van der Waals surface area (Å²) in [6.45, 7) is 2.13. The van der Waals surface area contributed by atoms with Crippen molar-refractivity contribution in [2.45, 2.75) is 29.0 Å². The lowest BCUT2D eigenvalue weighted by Crippen LogP contribution is -2.25. The molecule has 0 fully saturated rings. The second-order valence-corrected chi connectivity index (χ2v) is 7.72. The molecule has 0 saturated carbocycles. The molecule has 2 aromatic heterocycles. The SMILES string of the molecule is CCC(N)C(Sc1nccs1)c1cc(Br)cs1. The zero-order chi connectivity index (χ0) is 12.3. The van der Waals surface area contributed by atoms with E-state index in [1.54, 1.807) is 34.4 Å². The summed E-state index contributed by atoms with van der Waals surface area (Å²) in [6.07, 6.45) is 2.81. The molecule has 92 valence electrons. The van der Waals surface area contributed by atoms with Crippen molar-refractivity contribution in [1.29, 1.82) is 0 Å². The third kappa shape index (κ3) is 3.54. The number of hydrogen-bond donors (Lipinski definition) is 1. The second kappa shape index (κ2) is 6.33. The van der Waals surface area contributed by atoms with Gasteiger partial charge in [0, 0.05) is 32.3 Å². The summed E-state index contributed by atoms with van der Waals surface area (Å²) in [5, 5.41) is 4.40. The number of nitrogens with two attached hydrogens (primary N) is 1. The zero-order valence-corrected chi connectivity index (χ0v) is 13.3. The highest BCUT2D eigenvalue weighted by atomic mass is 79.9. The monoisotopic (exact) mass is 348 g/mol. The molecule has 2 unspecified atom stereocenters. The van der Waals surface area contributed by atoms with Crippen molar-refractivity contribution >= 4 is 50.4 Å². The molecule has 17 heavy (non-hydrogen) atoms. The molecule has 0 aliphatic heterocycles. The van der Waals surface area contributed by atoms with Gasteiger partial charge in [0.2, 0.25) is 0 Å². The second-order valence-electron chi connectivity index (χ2n) is 3.58. The van der Waals surface area contributed by atoms with Crippen LogP contribution >= 0.6 is 50.4 Å². The summed E-state index contributed by atoms with van der Waals surface area (Å²) in [7, 11) is 0. The number of nitrogens with zero attached hydrogens (tertiary/aromatic N) is 1. The minimum atomic E-state index is 0.162. The van der Waals surface area contributed by atoms with E-state index in [4.69, 9.17) is 5.73 Å². The Morgan fingerprint density at radius 1 is 1.53 bits per heavy atom. The summed E-state index contributed by atoms with van der Waals surface area (Å²) >= 11 is 8.69. The third-order valence-corrected chi connectivity index (χ3v) is 6.60. The number of thiophene rings is 1. The Morgan fingerprint density at radius 3 is 2.88 bits per heavy atom. The van der Waals surface area contributed by atoms with Crippen LogP contribution in [0, 0.1) is 0 Å². The van der Waals surface area contributed by atoms with E-state index in [1.807, 2.05) is 11.6 Å². The Hall–Kier alpha value is 0.120. The number of thiazole rings is 1. The van der Waals surface area contributed by atoms with Crippen LogP contribution in [0.3, 0.4) is 0 Å². The van der Waals surface area contributed by atoms with E-state index >= 15 is 0 Å². The van der Waals surface area contributed by atoms with Gasteiger partial charge in [0.15, 0.2) is 0 Å². The molecule has 2 atom stereocenters. The van der Waals surface area contributed by atoms with Crippen LogP contribution in [-0.2, 0) is 0 Å². The number of halogens is 1. The van der Waals surface area contributed by atoms with E-state index in [9.17, 15) is 0 Å². The molecule has 2 heterocycles. The quantitative estimate of drug-likeness (QED) is 0.806. The predicted octanol–water partition coefficient (Wildman–Crippen LogP) is 4.54. The normalized spacial score (nSPS) is 14.8. The van der Waals surface area contributed by atoms with Crippen molar-refractivity contribution in [2.24, 2.45) is 5.73 Å². The van der Waals surface area contributed by atoms with Crippen LogP contribution in [0.5, 0.6) is 0 Å². The van der Waals surface area contributed by atoms with Gasteiger partial charge in [0.25, 0.3) is 0 Å². The van der Waals surface area contributed by atoms with Crippen LogP contribution in [0.25, 0.3) is 0 Å². The van der Waals surface area contributed by atoms with Crippen molar-refractivity contribution in [3.8, 4) is 0 Å². The van der Waals surface area contributed by atoms with Gasteiger partial charge in [-0.2, -0.15) is 0 Å². The van der Waals surface area contributed by atoms with Gasteiger partial charge in [-0.3, -0.25) is 0 Å². The van der Waals surface area contributed by atoms with Gasteiger partial charge in [-0.15, -0.1) is 22.7 Å². The summed E-state index contributed by atoms with van der Waals surface area (Å²) < 4.78 is 2.22. The van der Waals surface area contributed by atoms with Gasteiger partial charge in [-0.1, -0.05) is 18.7 Å². The van der Waals surface area contributed by atoms with Gasteiger partial charge < -0.3 is 5.73 Å². The van der Waals surface area contributed by atoms with Crippen LogP contribution < -0.4 is 5.73 Å². The number of thioether (sulfide) groups is 1. The first-order chi connectivity index (χ1) is 8.20. The van der Waals surface area contributed by atoms with Gasteiger partial charge in [-0.25, -0.2) is 4.98 Å². The van der Waals surface area contributed by atoms with Crippen LogP contribution in [0.15, 0.2) is 31.8 Å². The molecule has 0 spiro atoms. The first-order valence-corrected chi connectivity index (χ1v) is 8.69. The third-order valence-electron chi connectivity index (χ3n) is 2.37. The molecule has 0 bridgehead atoms. The Bertz CT molecular complexity index is 455. The fourth-order valence-corrected chi connectivity index (χ4v) is 5.19. The van der Waals surface area contributed by atoms with Gasteiger partial charge in [0.1, 0.15) is 4.34 Å². The van der Waals surface area contributed by atoms with E-state index in [0.29, 0.717) is 5.25 Å². The Labute approximate surface area is 122 Å². The lowest BCUT2D eigenvalue weighted by Gasteiger charge is -2.19. The van der Waals surface area contributed by atoms with E-state index in [2.05, 4.69) is 39.3 Å². The summed E-state index contributed by atoms with van der Waals surface area (Å²) in [6, 6.07) is 2.32. The Kier molecular flexibility index (Phi) is 5.05. The molecule has 0 saturated heterocycles. The molecule has 2 nitrogen and oxygen atoms in total. The first kappa shape index (κ1) is 13.5. The molecular weight excluding hydrogens is 336 g/mol. The lowest BCUT2D eigenvalue weighted by atomic mass is 10.1. The summed E-state index contributed by atoms with van der Waals surface area (Å²) in [4.78, 5) is 5.64. The maximum atomic E-state index is 6.22. The predicted molar refractivity (Wildman–Crippen MR) is 81.0 cm³/mol. The van der Waals surface area contributed by atoms with E-state index in [0.717, 1.165) is 15.2 Å². The molecular formula is C11H13BrN2S3. The van der Waals surface area contributed by atoms with E-state index in [-0.39, 0.29) is 6.04 Å². The Morgan fingerprint density at radius 2 is 2.35 bits per heavy atom. The van der Waals surface area contributed by atoms with Crippen molar-refractivity contribution in [3.63, 3.8) is 0 Å². The van der Waals surface area contributed by atoms with Gasteiger partial charge in [-0.05, 0) is 28.4 Å². The fraction of sp³-hybridized carbons (Fsp3) is 0.364. The highest BCUT2D eigenvalue weighted by Crippen LogP contribution is 2.42. The smallest absolute Gasteiger partial charge is 0.150 e. The lowest BCUT2D eigenvalue weighted by molar-refractivity contribution is 0.639. The average molecular weight is 349 g/mol. The molecule has 2 rings (SSSR count).